The molecule has 0 aromatic rings. The highest BCUT2D eigenvalue weighted by molar-refractivity contribution is 5.83. The molecule has 2 aliphatic rings. The molecule has 0 amide bonds. The number of hydrogen-bond donors (Lipinski definition) is 0. The van der Waals surface area contributed by atoms with Gasteiger partial charge in [0, 0.05) is 0 Å². The lowest BCUT2D eigenvalue weighted by Crippen LogP contribution is -2.30. The zero-order valence-electron chi connectivity index (χ0n) is 7.23. The molecule has 0 spiro atoms. The van der Waals surface area contributed by atoms with Crippen LogP contribution in [0.4, 0.5) is 4.39 Å². The number of ketones is 1. The van der Waals surface area contributed by atoms with E-state index in [-0.39, 0.29) is 11.2 Å². The summed E-state index contributed by atoms with van der Waals surface area (Å²) in [5.41, 5.74) is -0.919. The van der Waals surface area contributed by atoms with Crippen molar-refractivity contribution in [3.8, 4) is 0 Å². The van der Waals surface area contributed by atoms with Gasteiger partial charge in [-0.15, -0.1) is 0 Å². The second-order valence-electron chi connectivity index (χ2n) is 4.12. The second-order valence-corrected chi connectivity index (χ2v) is 4.12. The van der Waals surface area contributed by atoms with Gasteiger partial charge in [-0.25, -0.2) is 4.39 Å². The molecular weight excluding hydrogens is 159 g/mol. The summed E-state index contributed by atoms with van der Waals surface area (Å²) in [5.74, 6) is 0.162. The van der Waals surface area contributed by atoms with Crippen molar-refractivity contribution in [1.82, 2.24) is 0 Å². The largest absolute Gasteiger partial charge is 0.371 e. The van der Waals surface area contributed by atoms with E-state index in [1.54, 1.807) is 6.92 Å². The van der Waals surface area contributed by atoms with Crippen LogP contribution in [0.5, 0.6) is 0 Å². The van der Waals surface area contributed by atoms with Crippen molar-refractivity contribution in [2.24, 2.45) is 5.41 Å². The van der Waals surface area contributed by atoms with Gasteiger partial charge in [0.1, 0.15) is 12.5 Å². The predicted molar refractivity (Wildman–Crippen MR) is 41.6 cm³/mol. The molecule has 2 unspecified atom stereocenters. The number of ether oxygens (including phenoxy) is 1. The molecule has 12 heavy (non-hydrogen) atoms. The van der Waals surface area contributed by atoms with Gasteiger partial charge in [-0.3, -0.25) is 4.79 Å². The molecular formula is C9H13FO2. The van der Waals surface area contributed by atoms with Gasteiger partial charge in [0.05, 0.1) is 17.6 Å². The van der Waals surface area contributed by atoms with E-state index in [0.717, 1.165) is 6.42 Å². The molecule has 1 aliphatic carbocycles. The number of carbonyl (C=O) groups is 1. The monoisotopic (exact) mass is 172 g/mol. The minimum absolute atomic E-state index is 0.162. The van der Waals surface area contributed by atoms with Crippen molar-refractivity contribution in [3.05, 3.63) is 0 Å². The molecule has 1 heterocycles. The predicted octanol–water partition coefficient (Wildman–Crippen LogP) is 1.48. The number of rotatable bonds is 2. The summed E-state index contributed by atoms with van der Waals surface area (Å²) < 4.78 is 17.9. The fourth-order valence-corrected chi connectivity index (χ4v) is 2.35. The topological polar surface area (TPSA) is 26.3 Å². The number of fused-ring (bicyclic) bond motifs is 2. The molecule has 0 aromatic carbocycles. The molecule has 0 radical (unpaired) electrons. The summed E-state index contributed by atoms with van der Waals surface area (Å²) in [6.45, 7) is 1.58. The van der Waals surface area contributed by atoms with Gasteiger partial charge >= 0.3 is 0 Å². The Morgan fingerprint density at radius 3 is 2.58 bits per heavy atom. The highest BCUT2D eigenvalue weighted by Crippen LogP contribution is 2.53. The maximum Gasteiger partial charge on any atom is 0.138 e. The summed E-state index contributed by atoms with van der Waals surface area (Å²) in [5, 5.41) is 0. The van der Waals surface area contributed by atoms with E-state index in [0.29, 0.717) is 19.4 Å². The Balaban J connectivity index is 2.23. The first-order valence-electron chi connectivity index (χ1n) is 4.34. The van der Waals surface area contributed by atoms with E-state index in [9.17, 15) is 9.18 Å². The fraction of sp³-hybridized carbons (Fsp3) is 0.889. The fourth-order valence-electron chi connectivity index (χ4n) is 2.35. The lowest BCUT2D eigenvalue weighted by molar-refractivity contribution is -0.128. The maximum absolute atomic E-state index is 12.6. The summed E-state index contributed by atoms with van der Waals surface area (Å²) in [6.07, 6.45) is 2.13. The standard InChI is InChI=1S/C9H13FO2/c1-7(11)8-2-3-9(4-8,5-10)12-6-8/h2-6H2,1H3. The molecule has 2 atom stereocenters. The van der Waals surface area contributed by atoms with Gasteiger partial charge in [-0.05, 0) is 26.2 Å². The average molecular weight is 172 g/mol. The molecule has 1 aliphatic heterocycles. The molecule has 0 aromatic heterocycles. The van der Waals surface area contributed by atoms with Gasteiger partial charge in [-0.1, -0.05) is 0 Å². The number of Topliss-reactive ketones (excluding diaryl/α,β-unsaturated/α-hetero) is 1. The Labute approximate surface area is 71.1 Å². The maximum atomic E-state index is 12.6. The van der Waals surface area contributed by atoms with Crippen molar-refractivity contribution in [2.45, 2.75) is 31.8 Å². The van der Waals surface area contributed by atoms with Gasteiger partial charge in [0.25, 0.3) is 0 Å². The third-order valence-electron chi connectivity index (χ3n) is 3.36. The van der Waals surface area contributed by atoms with Crippen LogP contribution in [-0.2, 0) is 9.53 Å². The highest BCUT2D eigenvalue weighted by atomic mass is 19.1. The van der Waals surface area contributed by atoms with E-state index in [2.05, 4.69) is 0 Å². The lowest BCUT2D eigenvalue weighted by atomic mass is 9.84. The van der Waals surface area contributed by atoms with Crippen LogP contribution in [0, 0.1) is 5.41 Å². The summed E-state index contributed by atoms with van der Waals surface area (Å²) >= 11 is 0. The van der Waals surface area contributed by atoms with Crippen LogP contribution in [0.2, 0.25) is 0 Å². The summed E-state index contributed by atoms with van der Waals surface area (Å²) in [4.78, 5) is 11.3. The summed E-state index contributed by atoms with van der Waals surface area (Å²) in [6, 6.07) is 0. The van der Waals surface area contributed by atoms with Crippen molar-refractivity contribution < 1.29 is 13.9 Å². The summed E-state index contributed by atoms with van der Waals surface area (Å²) in [7, 11) is 0. The minimum atomic E-state index is -0.592. The first-order valence-corrected chi connectivity index (χ1v) is 4.34. The van der Waals surface area contributed by atoms with Gasteiger partial charge in [0.15, 0.2) is 0 Å². The van der Waals surface area contributed by atoms with Crippen molar-refractivity contribution in [2.75, 3.05) is 13.3 Å². The van der Waals surface area contributed by atoms with E-state index in [1.165, 1.54) is 0 Å². The van der Waals surface area contributed by atoms with Crippen LogP contribution in [0.25, 0.3) is 0 Å². The Morgan fingerprint density at radius 2 is 2.33 bits per heavy atom. The normalized spacial score (nSPS) is 45.2. The van der Waals surface area contributed by atoms with Gasteiger partial charge in [-0.2, -0.15) is 0 Å². The molecule has 0 N–H and O–H groups in total. The lowest BCUT2D eigenvalue weighted by Gasteiger charge is -2.24. The van der Waals surface area contributed by atoms with Crippen LogP contribution >= 0.6 is 0 Å². The SMILES string of the molecule is CC(=O)C12CCC(CF)(C1)OC2. The first kappa shape index (κ1) is 8.17. The number of halogens is 1. The third kappa shape index (κ3) is 0.859. The van der Waals surface area contributed by atoms with Crippen LogP contribution < -0.4 is 0 Å². The molecule has 2 bridgehead atoms. The van der Waals surface area contributed by atoms with E-state index in [1.807, 2.05) is 0 Å². The highest BCUT2D eigenvalue weighted by Gasteiger charge is 2.58. The number of carbonyl (C=O) groups excluding carboxylic acids is 1. The molecule has 1 saturated carbocycles. The Bertz CT molecular complexity index is 217. The average Bonchev–Trinajstić information content (AvgIpc) is 2.61. The van der Waals surface area contributed by atoms with Crippen molar-refractivity contribution >= 4 is 5.78 Å². The van der Waals surface area contributed by atoms with E-state index >= 15 is 0 Å². The van der Waals surface area contributed by atoms with Crippen LogP contribution in [0.1, 0.15) is 26.2 Å². The zero-order valence-corrected chi connectivity index (χ0v) is 7.23. The number of alkyl halides is 1. The van der Waals surface area contributed by atoms with E-state index in [4.69, 9.17) is 4.74 Å². The molecule has 68 valence electrons. The minimum Gasteiger partial charge on any atom is -0.371 e. The Morgan fingerprint density at radius 1 is 1.58 bits per heavy atom. The van der Waals surface area contributed by atoms with Gasteiger partial charge in [0.2, 0.25) is 0 Å². The Hall–Kier alpha value is -0.440. The van der Waals surface area contributed by atoms with Crippen LogP contribution in [0.3, 0.4) is 0 Å². The van der Waals surface area contributed by atoms with Crippen molar-refractivity contribution in [3.63, 3.8) is 0 Å². The van der Waals surface area contributed by atoms with E-state index < -0.39 is 12.3 Å². The zero-order chi connectivity index (χ0) is 8.82. The molecule has 1 saturated heterocycles. The van der Waals surface area contributed by atoms with Crippen LogP contribution in [0.15, 0.2) is 0 Å². The van der Waals surface area contributed by atoms with Gasteiger partial charge < -0.3 is 4.74 Å². The molecule has 2 nitrogen and oxygen atoms in total. The van der Waals surface area contributed by atoms with Crippen molar-refractivity contribution in [1.29, 1.82) is 0 Å². The quantitative estimate of drug-likeness (QED) is 0.630. The molecule has 3 heteroatoms. The molecule has 2 fully saturated rings. The molecule has 2 rings (SSSR count). The Kier molecular flexibility index (Phi) is 1.55. The first-order chi connectivity index (χ1) is 5.63. The second kappa shape index (κ2) is 2.28. The number of hydrogen-bond acceptors (Lipinski definition) is 2. The third-order valence-corrected chi connectivity index (χ3v) is 3.36. The van der Waals surface area contributed by atoms with Crippen LogP contribution in [-0.4, -0.2) is 24.7 Å². The smallest absolute Gasteiger partial charge is 0.138 e.